The van der Waals surface area contributed by atoms with Crippen LogP contribution in [0.4, 0.5) is 17.6 Å². The number of hydrogen-bond acceptors (Lipinski definition) is 4. The molecule has 1 N–H and O–H groups in total. The molecule has 0 aliphatic carbocycles. The predicted molar refractivity (Wildman–Crippen MR) is 118 cm³/mol. The summed E-state index contributed by atoms with van der Waals surface area (Å²) >= 11 is 0. The van der Waals surface area contributed by atoms with Crippen molar-refractivity contribution >= 4 is 5.91 Å². The molecule has 0 bridgehead atoms. The molecule has 2 aliphatic heterocycles. The van der Waals surface area contributed by atoms with Gasteiger partial charge in [0.2, 0.25) is 5.91 Å². The number of halogens is 4. The Labute approximate surface area is 196 Å². The van der Waals surface area contributed by atoms with Crippen LogP contribution in [0.15, 0.2) is 48.5 Å². The Morgan fingerprint density at radius 3 is 2.62 bits per heavy atom. The molecular weight excluding hydrogens is 452 g/mol. The lowest BCUT2D eigenvalue weighted by molar-refractivity contribution is -0.141. The Kier molecular flexibility index (Phi) is 7.14. The number of likely N-dealkylation sites (tertiary alicyclic amines) is 1. The number of alkyl halides is 3. The summed E-state index contributed by atoms with van der Waals surface area (Å²) in [7, 11) is 0. The number of carbonyl (C=O) groups excluding carboxylic acids is 1. The standard InChI is InChI=1S/C25H28F4N2O3/c1-17(18-4-2-6-20(26)14-18)30-23(32)24(9-12-33-13-10-24)31-11-8-22(16-31)34-21-7-3-5-19(15-21)25(27,28)29/h2-7,14-15,17,22H,8-13,16H2,1H3,(H,30,32)/t17-,22?/m0/s1. The molecule has 0 spiro atoms. The fourth-order valence-electron chi connectivity index (χ4n) is 4.74. The third-order valence-electron chi connectivity index (χ3n) is 6.65. The molecule has 2 aromatic rings. The molecule has 2 atom stereocenters. The van der Waals surface area contributed by atoms with Gasteiger partial charge in [-0.1, -0.05) is 18.2 Å². The molecule has 2 saturated heterocycles. The highest BCUT2D eigenvalue weighted by Gasteiger charge is 2.48. The van der Waals surface area contributed by atoms with Crippen molar-refractivity contribution in [1.29, 1.82) is 0 Å². The normalized spacial score (nSPS) is 21.7. The van der Waals surface area contributed by atoms with E-state index in [9.17, 15) is 22.4 Å². The van der Waals surface area contributed by atoms with Crippen molar-refractivity contribution in [2.24, 2.45) is 0 Å². The Balaban J connectivity index is 1.46. The molecule has 4 rings (SSSR count). The highest BCUT2D eigenvalue weighted by molar-refractivity contribution is 5.87. The van der Waals surface area contributed by atoms with Gasteiger partial charge < -0.3 is 14.8 Å². The van der Waals surface area contributed by atoms with Crippen molar-refractivity contribution in [2.75, 3.05) is 26.3 Å². The van der Waals surface area contributed by atoms with Crippen LogP contribution in [0.3, 0.4) is 0 Å². The summed E-state index contributed by atoms with van der Waals surface area (Å²) in [4.78, 5) is 15.6. The van der Waals surface area contributed by atoms with Crippen molar-refractivity contribution in [3.63, 3.8) is 0 Å². The largest absolute Gasteiger partial charge is 0.489 e. The molecule has 0 radical (unpaired) electrons. The van der Waals surface area contributed by atoms with Gasteiger partial charge >= 0.3 is 6.18 Å². The maximum absolute atomic E-state index is 13.6. The second kappa shape index (κ2) is 9.92. The molecule has 1 unspecified atom stereocenters. The van der Waals surface area contributed by atoms with Gasteiger partial charge in [-0.2, -0.15) is 13.2 Å². The number of hydrogen-bond donors (Lipinski definition) is 1. The van der Waals surface area contributed by atoms with Gasteiger partial charge in [0.1, 0.15) is 23.2 Å². The van der Waals surface area contributed by atoms with E-state index in [0.29, 0.717) is 51.1 Å². The van der Waals surface area contributed by atoms with E-state index in [0.717, 1.165) is 12.1 Å². The second-order valence-electron chi connectivity index (χ2n) is 8.89. The fraction of sp³-hybridized carbons (Fsp3) is 0.480. The molecular formula is C25H28F4N2O3. The van der Waals surface area contributed by atoms with Crippen LogP contribution in [0, 0.1) is 5.82 Å². The zero-order valence-electron chi connectivity index (χ0n) is 18.9. The topological polar surface area (TPSA) is 50.8 Å². The third-order valence-corrected chi connectivity index (χ3v) is 6.65. The van der Waals surface area contributed by atoms with E-state index in [1.54, 1.807) is 12.1 Å². The van der Waals surface area contributed by atoms with Crippen molar-refractivity contribution in [2.45, 2.75) is 50.0 Å². The lowest BCUT2D eigenvalue weighted by Gasteiger charge is -2.43. The molecule has 34 heavy (non-hydrogen) atoms. The van der Waals surface area contributed by atoms with E-state index in [1.807, 2.05) is 6.92 Å². The minimum absolute atomic E-state index is 0.159. The summed E-state index contributed by atoms with van der Waals surface area (Å²) in [5, 5.41) is 3.03. The molecule has 2 fully saturated rings. The van der Waals surface area contributed by atoms with Crippen molar-refractivity contribution < 1.29 is 31.8 Å². The maximum atomic E-state index is 13.6. The van der Waals surface area contributed by atoms with Gasteiger partial charge in [0.25, 0.3) is 0 Å². The SMILES string of the molecule is C[C@H](NC(=O)C1(N2CCC(Oc3cccc(C(F)(F)F)c3)C2)CCOCC1)c1cccc(F)c1. The summed E-state index contributed by atoms with van der Waals surface area (Å²) in [5.74, 6) is -0.368. The van der Waals surface area contributed by atoms with Crippen LogP contribution in [0.5, 0.6) is 5.75 Å². The second-order valence-corrected chi connectivity index (χ2v) is 8.89. The first-order valence-corrected chi connectivity index (χ1v) is 11.4. The van der Waals surface area contributed by atoms with Crippen LogP contribution < -0.4 is 10.1 Å². The Bertz CT molecular complexity index is 1010. The lowest BCUT2D eigenvalue weighted by atomic mass is 9.86. The third kappa shape index (κ3) is 5.36. The Hall–Kier alpha value is -2.65. The predicted octanol–water partition coefficient (Wildman–Crippen LogP) is 4.72. The van der Waals surface area contributed by atoms with Crippen molar-refractivity contribution in [3.8, 4) is 5.75 Å². The average molecular weight is 481 g/mol. The molecule has 2 aliphatic rings. The van der Waals surface area contributed by atoms with Gasteiger partial charge in [-0.15, -0.1) is 0 Å². The van der Waals surface area contributed by atoms with E-state index in [-0.39, 0.29) is 29.6 Å². The van der Waals surface area contributed by atoms with Gasteiger partial charge in [0, 0.05) is 26.3 Å². The van der Waals surface area contributed by atoms with Gasteiger partial charge in [0.05, 0.1) is 11.6 Å². The van der Waals surface area contributed by atoms with Crippen LogP contribution in [-0.2, 0) is 15.7 Å². The quantitative estimate of drug-likeness (QED) is 0.608. The van der Waals surface area contributed by atoms with Crippen molar-refractivity contribution in [3.05, 3.63) is 65.5 Å². The number of amides is 1. The van der Waals surface area contributed by atoms with E-state index in [2.05, 4.69) is 10.2 Å². The van der Waals surface area contributed by atoms with Crippen LogP contribution in [-0.4, -0.2) is 48.8 Å². The summed E-state index contributed by atoms with van der Waals surface area (Å²) in [6.07, 6.45) is -3.21. The number of nitrogens with zero attached hydrogens (tertiary/aromatic N) is 1. The van der Waals surface area contributed by atoms with Crippen LogP contribution in [0.25, 0.3) is 0 Å². The molecule has 2 heterocycles. The molecule has 9 heteroatoms. The fourth-order valence-corrected chi connectivity index (χ4v) is 4.74. The maximum Gasteiger partial charge on any atom is 0.416 e. The van der Waals surface area contributed by atoms with E-state index < -0.39 is 17.3 Å². The smallest absolute Gasteiger partial charge is 0.416 e. The van der Waals surface area contributed by atoms with Crippen LogP contribution in [0.1, 0.15) is 43.4 Å². The van der Waals surface area contributed by atoms with Crippen molar-refractivity contribution in [1.82, 2.24) is 10.2 Å². The number of benzene rings is 2. The van der Waals surface area contributed by atoms with E-state index in [4.69, 9.17) is 9.47 Å². The minimum atomic E-state index is -4.44. The van der Waals surface area contributed by atoms with Gasteiger partial charge in [-0.05, 0) is 62.1 Å². The monoisotopic (exact) mass is 480 g/mol. The molecule has 0 aromatic heterocycles. The molecule has 2 aromatic carbocycles. The molecule has 184 valence electrons. The zero-order chi connectivity index (χ0) is 24.3. The number of ether oxygens (including phenoxy) is 2. The minimum Gasteiger partial charge on any atom is -0.489 e. The summed E-state index contributed by atoms with van der Waals surface area (Å²) in [6.45, 7) is 3.65. The average Bonchev–Trinajstić information content (AvgIpc) is 3.28. The highest BCUT2D eigenvalue weighted by Crippen LogP contribution is 2.35. The number of rotatable bonds is 6. The first-order valence-electron chi connectivity index (χ1n) is 11.4. The number of nitrogens with one attached hydrogen (secondary N) is 1. The summed E-state index contributed by atoms with van der Waals surface area (Å²) in [6, 6.07) is 10.6. The Morgan fingerprint density at radius 2 is 1.91 bits per heavy atom. The number of carbonyl (C=O) groups is 1. The van der Waals surface area contributed by atoms with E-state index in [1.165, 1.54) is 24.3 Å². The Morgan fingerprint density at radius 1 is 1.18 bits per heavy atom. The highest BCUT2D eigenvalue weighted by atomic mass is 19.4. The van der Waals surface area contributed by atoms with E-state index >= 15 is 0 Å². The lowest BCUT2D eigenvalue weighted by Crippen LogP contribution is -2.61. The van der Waals surface area contributed by atoms with Gasteiger partial charge in [0.15, 0.2) is 0 Å². The molecule has 1 amide bonds. The molecule has 5 nitrogen and oxygen atoms in total. The summed E-state index contributed by atoms with van der Waals surface area (Å²) < 4.78 is 64.1. The van der Waals surface area contributed by atoms with Gasteiger partial charge in [-0.25, -0.2) is 4.39 Å². The first-order chi connectivity index (χ1) is 16.2. The van der Waals surface area contributed by atoms with Crippen LogP contribution >= 0.6 is 0 Å². The first kappa shape index (κ1) is 24.5. The molecule has 0 saturated carbocycles. The van der Waals surface area contributed by atoms with Gasteiger partial charge in [-0.3, -0.25) is 9.69 Å². The van der Waals surface area contributed by atoms with Crippen LogP contribution in [0.2, 0.25) is 0 Å². The zero-order valence-corrected chi connectivity index (χ0v) is 18.9. The summed E-state index contributed by atoms with van der Waals surface area (Å²) in [5.41, 5.74) is -0.902.